The number of ether oxygens (including phenoxy) is 1. The van der Waals surface area contributed by atoms with Crippen molar-refractivity contribution in [1.82, 2.24) is 5.32 Å². The van der Waals surface area contributed by atoms with E-state index >= 15 is 0 Å². The fourth-order valence-electron chi connectivity index (χ4n) is 3.77. The lowest BCUT2D eigenvalue weighted by Crippen LogP contribution is -2.80. The topological polar surface area (TPSA) is 77.5 Å². The van der Waals surface area contributed by atoms with Gasteiger partial charge in [-0.2, -0.15) is 0 Å². The van der Waals surface area contributed by atoms with Crippen LogP contribution in [0.3, 0.4) is 0 Å². The molecule has 0 bridgehead atoms. The second-order valence-corrected chi connectivity index (χ2v) is 6.49. The van der Waals surface area contributed by atoms with Crippen LogP contribution in [0.1, 0.15) is 39.0 Å². The Balaban J connectivity index is 1.77. The predicted octanol–water partition coefficient (Wildman–Crippen LogP) is 1.60. The summed E-state index contributed by atoms with van der Waals surface area (Å²) in [7, 11) is 0. The molecule has 2 aliphatic rings. The molecule has 5 nitrogen and oxygen atoms in total. The molecule has 3 unspecified atom stereocenters. The Labute approximate surface area is 118 Å². The molecule has 0 aromatic carbocycles. The van der Waals surface area contributed by atoms with Gasteiger partial charge in [0.25, 0.3) is 0 Å². The molecule has 3 rings (SSSR count). The first kappa shape index (κ1) is 13.6. The number of carbonyl (C=O) groups excluding carboxylic acids is 1. The van der Waals surface area contributed by atoms with E-state index in [0.29, 0.717) is 6.61 Å². The van der Waals surface area contributed by atoms with Crippen molar-refractivity contribution < 1.29 is 13.9 Å². The maximum atomic E-state index is 12.7. The molecule has 1 aromatic heterocycles. The molecule has 1 aliphatic heterocycles. The summed E-state index contributed by atoms with van der Waals surface area (Å²) >= 11 is 0. The zero-order valence-electron chi connectivity index (χ0n) is 12.2. The number of furan rings is 1. The van der Waals surface area contributed by atoms with Crippen LogP contribution < -0.4 is 11.1 Å². The normalized spacial score (nSPS) is 36.0. The molecule has 110 valence electrons. The van der Waals surface area contributed by atoms with Crippen molar-refractivity contribution in [2.75, 3.05) is 6.61 Å². The van der Waals surface area contributed by atoms with Crippen molar-refractivity contribution in [3.8, 4) is 0 Å². The largest absolute Gasteiger partial charge is 0.467 e. The van der Waals surface area contributed by atoms with Gasteiger partial charge in [0.1, 0.15) is 11.3 Å². The third-order valence-corrected chi connectivity index (χ3v) is 5.15. The summed E-state index contributed by atoms with van der Waals surface area (Å²) in [6.45, 7) is 6.61. The van der Waals surface area contributed by atoms with E-state index in [1.807, 2.05) is 32.9 Å². The highest BCUT2D eigenvalue weighted by atomic mass is 16.5. The molecule has 4 atom stereocenters. The lowest BCUT2D eigenvalue weighted by molar-refractivity contribution is -0.176. The van der Waals surface area contributed by atoms with Crippen molar-refractivity contribution in [1.29, 1.82) is 0 Å². The monoisotopic (exact) mass is 278 g/mol. The number of amides is 1. The van der Waals surface area contributed by atoms with E-state index < -0.39 is 5.54 Å². The lowest BCUT2D eigenvalue weighted by atomic mass is 9.48. The summed E-state index contributed by atoms with van der Waals surface area (Å²) < 4.78 is 11.0. The van der Waals surface area contributed by atoms with Gasteiger partial charge in [-0.3, -0.25) is 4.79 Å². The first-order chi connectivity index (χ1) is 9.39. The van der Waals surface area contributed by atoms with Gasteiger partial charge in [0.15, 0.2) is 0 Å². The zero-order chi connectivity index (χ0) is 14.5. The Kier molecular flexibility index (Phi) is 2.95. The van der Waals surface area contributed by atoms with Crippen LogP contribution in [0.2, 0.25) is 0 Å². The number of carbonyl (C=O) groups is 1. The van der Waals surface area contributed by atoms with Gasteiger partial charge in [-0.05, 0) is 25.5 Å². The smallest absolute Gasteiger partial charge is 0.241 e. The molecule has 2 heterocycles. The minimum Gasteiger partial charge on any atom is -0.467 e. The average Bonchev–Trinajstić information content (AvgIpc) is 3.07. The first-order valence-corrected chi connectivity index (χ1v) is 7.14. The molecule has 2 fully saturated rings. The molecular weight excluding hydrogens is 256 g/mol. The van der Waals surface area contributed by atoms with Crippen molar-refractivity contribution in [2.24, 2.45) is 17.1 Å². The van der Waals surface area contributed by atoms with Crippen molar-refractivity contribution in [2.45, 2.75) is 44.9 Å². The van der Waals surface area contributed by atoms with Crippen LogP contribution in [0.5, 0.6) is 0 Å². The van der Waals surface area contributed by atoms with E-state index in [1.54, 1.807) is 6.26 Å². The SMILES string of the molecule is C[C@@H](NC(=O)C1(N)C2CCOC2C1(C)C)c1ccco1. The maximum Gasteiger partial charge on any atom is 0.241 e. The molecule has 3 N–H and O–H groups in total. The maximum absolute atomic E-state index is 12.7. The second-order valence-electron chi connectivity index (χ2n) is 6.49. The molecule has 1 amide bonds. The van der Waals surface area contributed by atoms with E-state index in [9.17, 15) is 4.79 Å². The van der Waals surface area contributed by atoms with Gasteiger partial charge in [0, 0.05) is 17.9 Å². The number of nitrogens with two attached hydrogens (primary N) is 1. The average molecular weight is 278 g/mol. The highest BCUT2D eigenvalue weighted by molar-refractivity contribution is 5.89. The third kappa shape index (κ3) is 1.59. The molecule has 0 spiro atoms. The van der Waals surface area contributed by atoms with Crippen LogP contribution in [-0.4, -0.2) is 24.2 Å². The Morgan fingerprint density at radius 2 is 2.30 bits per heavy atom. The highest BCUT2D eigenvalue weighted by Gasteiger charge is 2.71. The molecular formula is C15H22N2O3. The van der Waals surface area contributed by atoms with Crippen LogP contribution in [0.15, 0.2) is 22.8 Å². The first-order valence-electron chi connectivity index (χ1n) is 7.14. The summed E-state index contributed by atoms with van der Waals surface area (Å²) in [5.41, 5.74) is 5.28. The minimum absolute atomic E-state index is 0.0946. The van der Waals surface area contributed by atoms with Gasteiger partial charge < -0.3 is 20.2 Å². The van der Waals surface area contributed by atoms with Crippen LogP contribution in [-0.2, 0) is 9.53 Å². The lowest BCUT2D eigenvalue weighted by Gasteiger charge is -2.60. The van der Waals surface area contributed by atoms with Crippen LogP contribution in [0.4, 0.5) is 0 Å². The Morgan fingerprint density at radius 1 is 1.55 bits per heavy atom. The van der Waals surface area contributed by atoms with Gasteiger partial charge in [-0.25, -0.2) is 0 Å². The van der Waals surface area contributed by atoms with Gasteiger partial charge in [-0.1, -0.05) is 13.8 Å². The van der Waals surface area contributed by atoms with Gasteiger partial charge in [0.2, 0.25) is 5.91 Å². The molecule has 20 heavy (non-hydrogen) atoms. The quantitative estimate of drug-likeness (QED) is 0.880. The summed E-state index contributed by atoms with van der Waals surface area (Å²) in [6, 6.07) is 3.47. The van der Waals surface area contributed by atoms with Crippen LogP contribution in [0, 0.1) is 11.3 Å². The molecule has 1 saturated heterocycles. The van der Waals surface area contributed by atoms with Gasteiger partial charge >= 0.3 is 0 Å². The number of nitrogens with one attached hydrogen (secondary N) is 1. The third-order valence-electron chi connectivity index (χ3n) is 5.15. The van der Waals surface area contributed by atoms with E-state index in [4.69, 9.17) is 14.9 Å². The molecule has 1 aliphatic carbocycles. The van der Waals surface area contributed by atoms with E-state index in [1.165, 1.54) is 0 Å². The predicted molar refractivity (Wildman–Crippen MR) is 73.8 cm³/mol. The summed E-state index contributed by atoms with van der Waals surface area (Å²) in [4.78, 5) is 12.7. The molecule has 5 heteroatoms. The molecule has 0 radical (unpaired) electrons. The van der Waals surface area contributed by atoms with E-state index in [0.717, 1.165) is 12.2 Å². The number of rotatable bonds is 3. The minimum atomic E-state index is -0.866. The molecule has 1 saturated carbocycles. The Hall–Kier alpha value is -1.33. The summed E-state index contributed by atoms with van der Waals surface area (Å²) in [5, 5.41) is 2.98. The van der Waals surface area contributed by atoms with Crippen molar-refractivity contribution in [3.63, 3.8) is 0 Å². The zero-order valence-corrected chi connectivity index (χ0v) is 12.2. The molecule has 1 aromatic rings. The standard InChI is InChI=1S/C15H22N2O3/c1-9(11-5-4-7-19-11)17-13(18)15(16)10-6-8-20-12(10)14(15,2)3/h4-5,7,9-10,12H,6,8,16H2,1-3H3,(H,17,18)/t9-,10?,12?,15?/m1/s1. The summed E-state index contributed by atoms with van der Waals surface area (Å²) in [6.07, 6.45) is 2.55. The highest BCUT2D eigenvalue weighted by Crippen LogP contribution is 2.58. The van der Waals surface area contributed by atoms with E-state index in [-0.39, 0.29) is 29.4 Å². The van der Waals surface area contributed by atoms with Gasteiger partial charge in [-0.15, -0.1) is 0 Å². The second kappa shape index (κ2) is 4.33. The number of fused-ring (bicyclic) bond motifs is 1. The fourth-order valence-corrected chi connectivity index (χ4v) is 3.77. The summed E-state index contributed by atoms with van der Waals surface area (Å²) in [5.74, 6) is 0.734. The Morgan fingerprint density at radius 3 is 2.95 bits per heavy atom. The number of hydrogen-bond donors (Lipinski definition) is 2. The van der Waals surface area contributed by atoms with Crippen molar-refractivity contribution >= 4 is 5.91 Å². The number of hydrogen-bond acceptors (Lipinski definition) is 4. The van der Waals surface area contributed by atoms with Crippen LogP contribution >= 0.6 is 0 Å². The fraction of sp³-hybridized carbons (Fsp3) is 0.667. The van der Waals surface area contributed by atoms with Crippen LogP contribution in [0.25, 0.3) is 0 Å². The van der Waals surface area contributed by atoms with Gasteiger partial charge in [0.05, 0.1) is 18.4 Å². The Bertz CT molecular complexity index is 511. The van der Waals surface area contributed by atoms with Crippen molar-refractivity contribution in [3.05, 3.63) is 24.2 Å². The van der Waals surface area contributed by atoms with E-state index in [2.05, 4.69) is 5.32 Å².